The van der Waals surface area contributed by atoms with Gasteiger partial charge in [-0.25, -0.2) is 0 Å². The first-order chi connectivity index (χ1) is 7.36. The number of pyridine rings is 1. The fourth-order valence-corrected chi connectivity index (χ4v) is 1.94. The highest BCUT2D eigenvalue weighted by Crippen LogP contribution is 2.26. The van der Waals surface area contributed by atoms with Crippen LogP contribution in [0.15, 0.2) is 18.3 Å². The van der Waals surface area contributed by atoms with Crippen molar-refractivity contribution in [3.8, 4) is 5.75 Å². The molecule has 0 saturated carbocycles. The molecule has 0 radical (unpaired) electrons. The number of ether oxygens (including phenoxy) is 1. The Morgan fingerprint density at radius 3 is 3.20 bits per heavy atom. The van der Waals surface area contributed by atoms with Crippen LogP contribution >= 0.6 is 0 Å². The average molecular weight is 205 g/mol. The van der Waals surface area contributed by atoms with Gasteiger partial charge in [0.15, 0.2) is 5.75 Å². The van der Waals surface area contributed by atoms with Crippen LogP contribution < -0.4 is 0 Å². The summed E-state index contributed by atoms with van der Waals surface area (Å²) in [6, 6.07) is 3.39. The summed E-state index contributed by atoms with van der Waals surface area (Å²) in [4.78, 5) is 0. The lowest BCUT2D eigenvalue weighted by Gasteiger charge is -2.04. The van der Waals surface area contributed by atoms with Crippen LogP contribution in [0.2, 0.25) is 0 Å². The second-order valence-corrected chi connectivity index (χ2v) is 3.71. The second-order valence-electron chi connectivity index (χ2n) is 3.71. The highest BCUT2D eigenvalue weighted by molar-refractivity contribution is 5.52. The van der Waals surface area contributed by atoms with Crippen LogP contribution in [0.3, 0.4) is 0 Å². The van der Waals surface area contributed by atoms with Crippen LogP contribution in [0.4, 0.5) is 0 Å². The minimum absolute atomic E-state index is 0.162. The van der Waals surface area contributed by atoms with E-state index in [1.165, 1.54) is 0 Å². The predicted octanol–water partition coefficient (Wildman–Crippen LogP) is 0.939. The van der Waals surface area contributed by atoms with Crippen molar-refractivity contribution in [1.29, 1.82) is 0 Å². The Morgan fingerprint density at radius 1 is 1.47 bits per heavy atom. The lowest BCUT2D eigenvalue weighted by atomic mass is 10.1. The number of aromatic nitrogens is 3. The molecular formula is C10H11N3O2. The molecule has 78 valence electrons. The van der Waals surface area contributed by atoms with Gasteiger partial charge in [0, 0.05) is 18.7 Å². The topological polar surface area (TPSA) is 59.7 Å². The predicted molar refractivity (Wildman–Crippen MR) is 52.8 cm³/mol. The molecule has 1 aliphatic heterocycles. The quantitative estimate of drug-likeness (QED) is 0.752. The minimum Gasteiger partial charge on any atom is -0.504 e. The van der Waals surface area contributed by atoms with Gasteiger partial charge in [0.2, 0.25) is 5.65 Å². The van der Waals surface area contributed by atoms with Crippen molar-refractivity contribution in [3.63, 3.8) is 0 Å². The van der Waals surface area contributed by atoms with Gasteiger partial charge in [0.25, 0.3) is 0 Å². The zero-order chi connectivity index (χ0) is 10.3. The Balaban J connectivity index is 2.15. The number of nitrogens with zero attached hydrogens (tertiary/aromatic N) is 3. The highest BCUT2D eigenvalue weighted by atomic mass is 16.5. The summed E-state index contributed by atoms with van der Waals surface area (Å²) in [7, 11) is 0. The molecule has 2 aromatic rings. The summed E-state index contributed by atoms with van der Waals surface area (Å²) < 4.78 is 7.14. The van der Waals surface area contributed by atoms with Crippen LogP contribution in [0.5, 0.6) is 5.75 Å². The summed E-state index contributed by atoms with van der Waals surface area (Å²) in [5, 5.41) is 17.7. The van der Waals surface area contributed by atoms with Crippen LogP contribution in [0.1, 0.15) is 18.2 Å². The Hall–Kier alpha value is -1.62. The van der Waals surface area contributed by atoms with E-state index in [1.807, 2.05) is 10.6 Å². The molecule has 15 heavy (non-hydrogen) atoms. The van der Waals surface area contributed by atoms with Crippen LogP contribution in [-0.2, 0) is 4.74 Å². The van der Waals surface area contributed by atoms with Gasteiger partial charge in [-0.15, -0.1) is 10.2 Å². The molecule has 0 bridgehead atoms. The van der Waals surface area contributed by atoms with E-state index in [0.29, 0.717) is 18.2 Å². The van der Waals surface area contributed by atoms with Crippen molar-refractivity contribution in [1.82, 2.24) is 14.6 Å². The average Bonchev–Trinajstić information content (AvgIpc) is 2.85. The van der Waals surface area contributed by atoms with E-state index in [4.69, 9.17) is 4.74 Å². The van der Waals surface area contributed by atoms with E-state index < -0.39 is 0 Å². The Bertz CT molecular complexity index is 488. The highest BCUT2D eigenvalue weighted by Gasteiger charge is 2.23. The summed E-state index contributed by atoms with van der Waals surface area (Å²) in [6.07, 6.45) is 2.83. The second kappa shape index (κ2) is 3.20. The smallest absolute Gasteiger partial charge is 0.203 e. The zero-order valence-corrected chi connectivity index (χ0v) is 8.13. The molecule has 1 atom stereocenters. The van der Waals surface area contributed by atoms with Gasteiger partial charge in [-0.05, 0) is 18.6 Å². The van der Waals surface area contributed by atoms with Gasteiger partial charge >= 0.3 is 0 Å². The fourth-order valence-electron chi connectivity index (χ4n) is 1.94. The molecular weight excluding hydrogens is 194 g/mol. The number of fused-ring (bicyclic) bond motifs is 1. The third-order valence-corrected chi connectivity index (χ3v) is 2.74. The molecule has 1 fully saturated rings. The van der Waals surface area contributed by atoms with E-state index in [1.54, 1.807) is 12.1 Å². The van der Waals surface area contributed by atoms with Crippen molar-refractivity contribution in [3.05, 3.63) is 24.2 Å². The van der Waals surface area contributed by atoms with Crippen LogP contribution in [-0.4, -0.2) is 32.9 Å². The molecule has 0 spiro atoms. The van der Waals surface area contributed by atoms with Crippen molar-refractivity contribution < 1.29 is 9.84 Å². The molecule has 1 unspecified atom stereocenters. The van der Waals surface area contributed by atoms with Gasteiger partial charge in [0.05, 0.1) is 6.61 Å². The molecule has 0 aliphatic carbocycles. The molecule has 2 aromatic heterocycles. The third-order valence-electron chi connectivity index (χ3n) is 2.74. The number of rotatable bonds is 1. The molecule has 0 aromatic carbocycles. The fraction of sp³-hybridized carbons (Fsp3) is 0.400. The third kappa shape index (κ3) is 1.27. The minimum atomic E-state index is 0.162. The lowest BCUT2D eigenvalue weighted by molar-refractivity contribution is 0.193. The van der Waals surface area contributed by atoms with E-state index in [2.05, 4.69) is 10.2 Å². The maximum absolute atomic E-state index is 9.57. The van der Waals surface area contributed by atoms with Crippen molar-refractivity contribution in [2.75, 3.05) is 13.2 Å². The molecule has 0 amide bonds. The van der Waals surface area contributed by atoms with E-state index in [9.17, 15) is 5.11 Å². The molecule has 5 heteroatoms. The monoisotopic (exact) mass is 205 g/mol. The number of aromatic hydroxyl groups is 1. The normalized spacial score (nSPS) is 21.2. The first-order valence-corrected chi connectivity index (χ1v) is 4.96. The Morgan fingerprint density at radius 2 is 2.40 bits per heavy atom. The van der Waals surface area contributed by atoms with Gasteiger partial charge in [-0.1, -0.05) is 0 Å². The SMILES string of the molecule is Oc1cccn2c(C3CCOC3)nnc12. The number of hydrogen-bond donors (Lipinski definition) is 1. The van der Waals surface area contributed by atoms with Gasteiger partial charge in [-0.2, -0.15) is 0 Å². The standard InChI is InChI=1S/C10H11N3O2/c14-8-2-1-4-13-9(11-12-10(8)13)7-3-5-15-6-7/h1-2,4,7,14H,3,5-6H2. The van der Waals surface area contributed by atoms with Crippen LogP contribution in [0, 0.1) is 0 Å². The molecule has 1 N–H and O–H groups in total. The van der Waals surface area contributed by atoms with Gasteiger partial charge in [0.1, 0.15) is 5.82 Å². The number of hydrogen-bond acceptors (Lipinski definition) is 4. The molecule has 3 heterocycles. The summed E-state index contributed by atoms with van der Waals surface area (Å²) in [5.74, 6) is 1.33. The first-order valence-electron chi connectivity index (χ1n) is 4.96. The molecule has 1 aliphatic rings. The largest absolute Gasteiger partial charge is 0.504 e. The van der Waals surface area contributed by atoms with E-state index >= 15 is 0 Å². The van der Waals surface area contributed by atoms with Crippen molar-refractivity contribution in [2.45, 2.75) is 12.3 Å². The van der Waals surface area contributed by atoms with Gasteiger partial charge in [-0.3, -0.25) is 4.40 Å². The van der Waals surface area contributed by atoms with Crippen LogP contribution in [0.25, 0.3) is 5.65 Å². The Labute approximate surface area is 86.3 Å². The first kappa shape index (κ1) is 8.67. The summed E-state index contributed by atoms with van der Waals surface area (Å²) >= 11 is 0. The van der Waals surface area contributed by atoms with E-state index in [0.717, 1.165) is 18.9 Å². The summed E-state index contributed by atoms with van der Waals surface area (Å²) in [5.41, 5.74) is 0.513. The van der Waals surface area contributed by atoms with Gasteiger partial charge < -0.3 is 9.84 Å². The van der Waals surface area contributed by atoms with Crippen molar-refractivity contribution >= 4 is 5.65 Å². The lowest BCUT2D eigenvalue weighted by Crippen LogP contribution is -2.03. The maximum atomic E-state index is 9.57. The molecule has 1 saturated heterocycles. The van der Waals surface area contributed by atoms with Crippen molar-refractivity contribution in [2.24, 2.45) is 0 Å². The molecule has 3 rings (SSSR count). The maximum Gasteiger partial charge on any atom is 0.203 e. The zero-order valence-electron chi connectivity index (χ0n) is 8.13. The molecule has 5 nitrogen and oxygen atoms in total. The summed E-state index contributed by atoms with van der Waals surface area (Å²) in [6.45, 7) is 1.47. The van der Waals surface area contributed by atoms with E-state index in [-0.39, 0.29) is 5.75 Å². The Kier molecular flexibility index (Phi) is 1.85.